The molecule has 0 spiro atoms. The number of hydrogen-bond donors (Lipinski definition) is 1. The van der Waals surface area contributed by atoms with Crippen molar-refractivity contribution in [1.29, 1.82) is 0 Å². The lowest BCUT2D eigenvalue weighted by molar-refractivity contribution is 0.133. The van der Waals surface area contributed by atoms with Crippen LogP contribution in [0.15, 0.2) is 0 Å². The van der Waals surface area contributed by atoms with Crippen molar-refractivity contribution >= 4 is 6.03 Å². The van der Waals surface area contributed by atoms with Crippen LogP contribution in [0.25, 0.3) is 0 Å². The second-order valence-corrected chi connectivity index (χ2v) is 4.86. The van der Waals surface area contributed by atoms with Gasteiger partial charge in [0.05, 0.1) is 0 Å². The molecule has 2 fully saturated rings. The highest BCUT2D eigenvalue weighted by atomic mass is 16.2. The molecule has 0 aromatic carbocycles. The van der Waals surface area contributed by atoms with Gasteiger partial charge in [-0.2, -0.15) is 0 Å². The van der Waals surface area contributed by atoms with E-state index in [4.69, 9.17) is 0 Å². The van der Waals surface area contributed by atoms with Crippen molar-refractivity contribution < 1.29 is 4.79 Å². The molecule has 1 aliphatic carbocycles. The van der Waals surface area contributed by atoms with E-state index in [1.165, 1.54) is 12.8 Å². The van der Waals surface area contributed by atoms with Gasteiger partial charge in [-0.25, -0.2) is 4.79 Å². The molecule has 86 valence electrons. The lowest BCUT2D eigenvalue weighted by Gasteiger charge is -2.35. The Balaban J connectivity index is 1.74. The Morgan fingerprint density at radius 3 is 2.27 bits per heavy atom. The third-order valence-corrected chi connectivity index (χ3v) is 3.08. The van der Waals surface area contributed by atoms with Crippen LogP contribution >= 0.6 is 0 Å². The summed E-state index contributed by atoms with van der Waals surface area (Å²) in [6, 6.07) is 1.17. The molecular weight excluding hydrogens is 190 g/mol. The quantitative estimate of drug-likeness (QED) is 0.736. The molecule has 0 atom stereocenters. The minimum absolute atomic E-state index is 0.0976. The molecule has 2 aliphatic rings. The lowest BCUT2D eigenvalue weighted by Crippen LogP contribution is -2.53. The summed E-state index contributed by atoms with van der Waals surface area (Å²) in [6.07, 6.45) is 2.72. The van der Waals surface area contributed by atoms with Gasteiger partial charge in [-0.3, -0.25) is 4.90 Å². The number of nitrogens with one attached hydrogen (secondary N) is 1. The number of rotatable bonds is 2. The van der Waals surface area contributed by atoms with E-state index in [-0.39, 0.29) is 12.1 Å². The van der Waals surface area contributed by atoms with Crippen molar-refractivity contribution in [2.75, 3.05) is 26.2 Å². The van der Waals surface area contributed by atoms with Crippen LogP contribution in [0.1, 0.15) is 26.7 Å². The molecule has 2 amide bonds. The Morgan fingerprint density at radius 1 is 1.20 bits per heavy atom. The predicted molar refractivity (Wildman–Crippen MR) is 59.8 cm³/mol. The van der Waals surface area contributed by atoms with E-state index in [2.05, 4.69) is 10.2 Å². The maximum atomic E-state index is 11.7. The van der Waals surface area contributed by atoms with Gasteiger partial charge in [0.25, 0.3) is 0 Å². The summed E-state index contributed by atoms with van der Waals surface area (Å²) >= 11 is 0. The molecule has 2 rings (SSSR count). The van der Waals surface area contributed by atoms with E-state index in [1.807, 2.05) is 18.7 Å². The Labute approximate surface area is 91.6 Å². The second kappa shape index (κ2) is 4.39. The molecular formula is C11H21N3O. The summed E-state index contributed by atoms with van der Waals surface area (Å²) in [6.45, 7) is 7.87. The van der Waals surface area contributed by atoms with E-state index in [9.17, 15) is 4.79 Å². The van der Waals surface area contributed by atoms with Crippen LogP contribution in [0, 0.1) is 0 Å². The molecule has 0 radical (unpaired) electrons. The van der Waals surface area contributed by atoms with Gasteiger partial charge in [-0.05, 0) is 26.7 Å². The molecule has 1 N–H and O–H groups in total. The predicted octanol–water partition coefficient (Wildman–Crippen LogP) is 0.884. The van der Waals surface area contributed by atoms with E-state index >= 15 is 0 Å². The molecule has 0 bridgehead atoms. The Kier molecular flexibility index (Phi) is 3.14. The van der Waals surface area contributed by atoms with Crippen LogP contribution in [0.3, 0.4) is 0 Å². The molecule has 1 heterocycles. The first-order valence-electron chi connectivity index (χ1n) is 5.96. The molecule has 1 aliphatic heterocycles. The van der Waals surface area contributed by atoms with E-state index in [0.29, 0.717) is 0 Å². The fourth-order valence-corrected chi connectivity index (χ4v) is 2.07. The fourth-order valence-electron chi connectivity index (χ4n) is 2.07. The monoisotopic (exact) mass is 211 g/mol. The van der Waals surface area contributed by atoms with Crippen molar-refractivity contribution in [2.24, 2.45) is 0 Å². The molecule has 1 saturated heterocycles. The molecule has 4 heteroatoms. The first-order valence-corrected chi connectivity index (χ1v) is 5.96. The van der Waals surface area contributed by atoms with Gasteiger partial charge < -0.3 is 10.2 Å². The summed E-state index contributed by atoms with van der Waals surface area (Å²) in [4.78, 5) is 16.1. The summed E-state index contributed by atoms with van der Waals surface area (Å²) in [5.41, 5.74) is 0. The summed E-state index contributed by atoms with van der Waals surface area (Å²) in [7, 11) is 0. The Morgan fingerprint density at radius 2 is 1.80 bits per heavy atom. The third-order valence-electron chi connectivity index (χ3n) is 3.08. The molecule has 0 aromatic heterocycles. The topological polar surface area (TPSA) is 35.6 Å². The van der Waals surface area contributed by atoms with Crippen LogP contribution in [-0.4, -0.2) is 54.1 Å². The lowest BCUT2D eigenvalue weighted by atomic mass is 10.3. The first kappa shape index (κ1) is 10.7. The van der Waals surface area contributed by atoms with Gasteiger partial charge in [-0.1, -0.05) is 0 Å². The van der Waals surface area contributed by atoms with Crippen LogP contribution in [0.5, 0.6) is 0 Å². The normalized spacial score (nSPS) is 23.3. The minimum atomic E-state index is 0.0976. The Hall–Kier alpha value is -0.770. The van der Waals surface area contributed by atoms with Crippen molar-refractivity contribution in [3.63, 3.8) is 0 Å². The number of urea groups is 1. The zero-order valence-corrected chi connectivity index (χ0v) is 9.70. The van der Waals surface area contributed by atoms with Crippen LogP contribution < -0.4 is 5.32 Å². The number of hydrogen-bond acceptors (Lipinski definition) is 2. The zero-order chi connectivity index (χ0) is 10.8. The molecule has 1 saturated carbocycles. The van der Waals surface area contributed by atoms with Gasteiger partial charge in [0.1, 0.15) is 0 Å². The van der Waals surface area contributed by atoms with Gasteiger partial charge >= 0.3 is 6.03 Å². The fraction of sp³-hybridized carbons (Fsp3) is 0.909. The number of carbonyl (C=O) groups is 1. The average molecular weight is 211 g/mol. The van der Waals surface area contributed by atoms with Crippen LogP contribution in [0.4, 0.5) is 4.79 Å². The van der Waals surface area contributed by atoms with Crippen molar-refractivity contribution in [2.45, 2.75) is 38.8 Å². The minimum Gasteiger partial charge on any atom is -0.336 e. The van der Waals surface area contributed by atoms with Crippen molar-refractivity contribution in [3.8, 4) is 0 Å². The maximum absolute atomic E-state index is 11.7. The van der Waals surface area contributed by atoms with Gasteiger partial charge in [0, 0.05) is 38.3 Å². The van der Waals surface area contributed by atoms with Crippen LogP contribution in [0.2, 0.25) is 0 Å². The summed E-state index contributed by atoms with van der Waals surface area (Å²) in [5.74, 6) is 0. The summed E-state index contributed by atoms with van der Waals surface area (Å²) < 4.78 is 0. The molecule has 0 unspecified atom stereocenters. The number of amides is 2. The van der Waals surface area contributed by atoms with Gasteiger partial charge in [-0.15, -0.1) is 0 Å². The highest BCUT2D eigenvalue weighted by Crippen LogP contribution is 2.27. The van der Waals surface area contributed by atoms with E-state index < -0.39 is 0 Å². The summed E-state index contributed by atoms with van der Waals surface area (Å²) in [5, 5.41) is 2.94. The van der Waals surface area contributed by atoms with Crippen LogP contribution in [-0.2, 0) is 0 Å². The number of carbonyl (C=O) groups excluding carboxylic acids is 1. The van der Waals surface area contributed by atoms with E-state index in [1.54, 1.807) is 0 Å². The first-order chi connectivity index (χ1) is 7.16. The van der Waals surface area contributed by atoms with Crippen molar-refractivity contribution in [1.82, 2.24) is 15.1 Å². The molecule has 15 heavy (non-hydrogen) atoms. The van der Waals surface area contributed by atoms with E-state index in [0.717, 1.165) is 32.2 Å². The average Bonchev–Trinajstić information content (AvgIpc) is 3.00. The third kappa shape index (κ3) is 2.84. The Bertz CT molecular complexity index is 230. The number of nitrogens with zero attached hydrogens (tertiary/aromatic N) is 2. The van der Waals surface area contributed by atoms with Gasteiger partial charge in [0.15, 0.2) is 0 Å². The highest BCUT2D eigenvalue weighted by molar-refractivity contribution is 5.74. The molecule has 4 nitrogen and oxygen atoms in total. The highest BCUT2D eigenvalue weighted by Gasteiger charge is 2.32. The maximum Gasteiger partial charge on any atom is 0.317 e. The zero-order valence-electron chi connectivity index (χ0n) is 9.70. The SMILES string of the molecule is CC(C)NC(=O)N1CCN(C2CC2)CC1. The standard InChI is InChI=1S/C11H21N3O/c1-9(2)12-11(15)14-7-5-13(6-8-14)10-3-4-10/h9-10H,3-8H2,1-2H3,(H,12,15). The molecule has 0 aromatic rings. The second-order valence-electron chi connectivity index (χ2n) is 4.86. The largest absolute Gasteiger partial charge is 0.336 e. The van der Waals surface area contributed by atoms with Gasteiger partial charge in [0.2, 0.25) is 0 Å². The van der Waals surface area contributed by atoms with Crippen molar-refractivity contribution in [3.05, 3.63) is 0 Å². The smallest absolute Gasteiger partial charge is 0.317 e. The number of piperazine rings is 1.